The number of esters is 1. The summed E-state index contributed by atoms with van der Waals surface area (Å²) in [7, 11) is -0.332. The lowest BCUT2D eigenvalue weighted by atomic mass is 9.75. The molecule has 0 radical (unpaired) electrons. The van der Waals surface area contributed by atoms with E-state index in [-0.39, 0.29) is 29.7 Å². The highest BCUT2D eigenvalue weighted by Gasteiger charge is 2.51. The number of hydrogen-bond acceptors (Lipinski definition) is 4. The van der Waals surface area contributed by atoms with E-state index in [2.05, 4.69) is 65.8 Å². The molecule has 2 rings (SSSR count). The molecule has 0 amide bonds. The Morgan fingerprint density at radius 1 is 1.08 bits per heavy atom. The first-order valence-electron chi connectivity index (χ1n) is 9.60. The average Bonchev–Trinajstić information content (AvgIpc) is 2.76. The molecule has 5 heteroatoms. The minimum absolute atomic E-state index is 0.000949. The van der Waals surface area contributed by atoms with Crippen molar-refractivity contribution < 1.29 is 18.8 Å². The molecule has 1 aliphatic rings. The summed E-state index contributed by atoms with van der Waals surface area (Å²) in [6, 6.07) is 8.46. The maximum Gasteiger partial charge on any atom is 0.494 e. The van der Waals surface area contributed by atoms with E-state index in [0.29, 0.717) is 13.0 Å². The molecule has 1 saturated heterocycles. The van der Waals surface area contributed by atoms with Crippen LogP contribution in [0.1, 0.15) is 73.3 Å². The van der Waals surface area contributed by atoms with E-state index >= 15 is 0 Å². The van der Waals surface area contributed by atoms with Gasteiger partial charge in [0.25, 0.3) is 0 Å². The molecule has 0 bridgehead atoms. The molecule has 1 aromatic carbocycles. The molecular formula is C21H33BO4. The predicted octanol–water partition coefficient (Wildman–Crippen LogP) is 4.00. The van der Waals surface area contributed by atoms with Crippen LogP contribution in [0.5, 0.6) is 0 Å². The SMILES string of the molecule is CCOC(=O)CCCC(C)(C)c1ccc(B2OC(C)(C)C(C)(C)O2)cc1. The van der Waals surface area contributed by atoms with Crippen molar-refractivity contribution in [3.05, 3.63) is 29.8 Å². The third-order valence-electron chi connectivity index (χ3n) is 5.71. The first kappa shape index (κ1) is 21.0. The monoisotopic (exact) mass is 360 g/mol. The van der Waals surface area contributed by atoms with Crippen molar-refractivity contribution in [1.29, 1.82) is 0 Å². The zero-order valence-electron chi connectivity index (χ0n) is 17.3. The highest BCUT2D eigenvalue weighted by atomic mass is 16.7. The maximum atomic E-state index is 11.5. The first-order valence-corrected chi connectivity index (χ1v) is 9.60. The van der Waals surface area contributed by atoms with E-state index in [4.69, 9.17) is 14.0 Å². The van der Waals surface area contributed by atoms with E-state index in [1.165, 1.54) is 5.56 Å². The van der Waals surface area contributed by atoms with Crippen LogP contribution >= 0.6 is 0 Å². The molecule has 0 atom stereocenters. The van der Waals surface area contributed by atoms with Crippen molar-refractivity contribution in [2.75, 3.05) is 6.61 Å². The Hall–Kier alpha value is -1.33. The third-order valence-corrected chi connectivity index (χ3v) is 5.71. The Labute approximate surface area is 158 Å². The lowest BCUT2D eigenvalue weighted by molar-refractivity contribution is -0.143. The van der Waals surface area contributed by atoms with Crippen LogP contribution in [0.25, 0.3) is 0 Å². The fraction of sp³-hybridized carbons (Fsp3) is 0.667. The van der Waals surface area contributed by atoms with E-state index in [1.54, 1.807) is 0 Å². The van der Waals surface area contributed by atoms with Crippen molar-refractivity contribution in [3.8, 4) is 0 Å². The minimum atomic E-state index is -0.332. The van der Waals surface area contributed by atoms with Crippen molar-refractivity contribution in [3.63, 3.8) is 0 Å². The van der Waals surface area contributed by atoms with Gasteiger partial charge in [-0.3, -0.25) is 4.79 Å². The quantitative estimate of drug-likeness (QED) is 0.545. The summed E-state index contributed by atoms with van der Waals surface area (Å²) in [4.78, 5) is 11.5. The van der Waals surface area contributed by atoms with Crippen LogP contribution < -0.4 is 5.46 Å². The van der Waals surface area contributed by atoms with Crippen molar-refractivity contribution in [1.82, 2.24) is 0 Å². The molecule has 4 nitrogen and oxygen atoms in total. The average molecular weight is 360 g/mol. The van der Waals surface area contributed by atoms with Crippen LogP contribution in [-0.2, 0) is 24.3 Å². The molecule has 1 aromatic rings. The standard InChI is InChI=1S/C21H33BO4/c1-8-24-18(23)10-9-15-19(2,3)16-11-13-17(14-12-16)22-25-20(4,5)21(6,7)26-22/h11-14H,8-10,15H2,1-7H3. The van der Waals surface area contributed by atoms with Gasteiger partial charge in [0.15, 0.2) is 0 Å². The lowest BCUT2D eigenvalue weighted by Crippen LogP contribution is -2.41. The maximum absolute atomic E-state index is 11.5. The highest BCUT2D eigenvalue weighted by molar-refractivity contribution is 6.62. The van der Waals surface area contributed by atoms with Crippen LogP contribution in [0.4, 0.5) is 0 Å². The first-order chi connectivity index (χ1) is 12.0. The molecule has 26 heavy (non-hydrogen) atoms. The molecule has 144 valence electrons. The van der Waals surface area contributed by atoms with Gasteiger partial charge >= 0.3 is 13.1 Å². The van der Waals surface area contributed by atoms with Crippen LogP contribution in [-0.4, -0.2) is 30.9 Å². The Balaban J connectivity index is 1.99. The largest absolute Gasteiger partial charge is 0.494 e. The molecule has 1 fully saturated rings. The highest BCUT2D eigenvalue weighted by Crippen LogP contribution is 2.36. The van der Waals surface area contributed by atoms with Gasteiger partial charge in [0.1, 0.15) is 0 Å². The molecule has 0 N–H and O–H groups in total. The lowest BCUT2D eigenvalue weighted by Gasteiger charge is -2.32. The number of ether oxygens (including phenoxy) is 1. The van der Waals surface area contributed by atoms with Gasteiger partial charge < -0.3 is 14.0 Å². The van der Waals surface area contributed by atoms with Crippen LogP contribution in [0.15, 0.2) is 24.3 Å². The molecular weight excluding hydrogens is 327 g/mol. The number of benzene rings is 1. The summed E-state index contributed by atoms with van der Waals surface area (Å²) in [5, 5.41) is 0. The molecule has 0 spiro atoms. The molecule has 0 unspecified atom stereocenters. The number of hydrogen-bond donors (Lipinski definition) is 0. The second-order valence-electron chi connectivity index (χ2n) is 8.75. The number of carbonyl (C=O) groups excluding carboxylic acids is 1. The van der Waals surface area contributed by atoms with Crippen molar-refractivity contribution in [2.45, 2.75) is 84.3 Å². The van der Waals surface area contributed by atoms with Gasteiger partial charge in [0.05, 0.1) is 17.8 Å². The van der Waals surface area contributed by atoms with Crippen LogP contribution in [0, 0.1) is 0 Å². The number of rotatable bonds is 7. The van der Waals surface area contributed by atoms with E-state index in [1.807, 2.05) is 6.92 Å². The molecule has 0 aliphatic carbocycles. The van der Waals surface area contributed by atoms with Gasteiger partial charge in [-0.25, -0.2) is 0 Å². The van der Waals surface area contributed by atoms with Crippen LogP contribution in [0.3, 0.4) is 0 Å². The van der Waals surface area contributed by atoms with Gasteiger partial charge in [0, 0.05) is 6.42 Å². The summed E-state index contributed by atoms with van der Waals surface area (Å²) in [5.74, 6) is -0.112. The van der Waals surface area contributed by atoms with Gasteiger partial charge in [-0.05, 0) is 63.9 Å². The van der Waals surface area contributed by atoms with Gasteiger partial charge in [-0.15, -0.1) is 0 Å². The second-order valence-corrected chi connectivity index (χ2v) is 8.75. The van der Waals surface area contributed by atoms with E-state index in [9.17, 15) is 4.79 Å². The van der Waals surface area contributed by atoms with Gasteiger partial charge in [0.2, 0.25) is 0 Å². The van der Waals surface area contributed by atoms with Crippen molar-refractivity contribution in [2.24, 2.45) is 0 Å². The zero-order chi connectivity index (χ0) is 19.6. The fourth-order valence-corrected chi connectivity index (χ4v) is 3.12. The zero-order valence-corrected chi connectivity index (χ0v) is 17.3. The molecule has 1 aliphatic heterocycles. The molecule has 1 heterocycles. The summed E-state index contributed by atoms with van der Waals surface area (Å²) < 4.78 is 17.2. The fourth-order valence-electron chi connectivity index (χ4n) is 3.12. The Morgan fingerprint density at radius 2 is 1.62 bits per heavy atom. The second kappa shape index (κ2) is 7.73. The minimum Gasteiger partial charge on any atom is -0.466 e. The van der Waals surface area contributed by atoms with E-state index in [0.717, 1.165) is 18.3 Å². The Morgan fingerprint density at radius 3 is 2.12 bits per heavy atom. The predicted molar refractivity (Wildman–Crippen MR) is 106 cm³/mol. The van der Waals surface area contributed by atoms with Gasteiger partial charge in [-0.2, -0.15) is 0 Å². The summed E-state index contributed by atoms with van der Waals surface area (Å²) in [5.41, 5.74) is 1.63. The van der Waals surface area contributed by atoms with Crippen molar-refractivity contribution >= 4 is 18.6 Å². The van der Waals surface area contributed by atoms with E-state index < -0.39 is 0 Å². The summed E-state index contributed by atoms with van der Waals surface area (Å²) in [6.45, 7) is 15.0. The van der Waals surface area contributed by atoms with Crippen LogP contribution in [0.2, 0.25) is 0 Å². The molecule has 0 aromatic heterocycles. The smallest absolute Gasteiger partial charge is 0.466 e. The third kappa shape index (κ3) is 4.69. The summed E-state index contributed by atoms with van der Waals surface area (Å²) >= 11 is 0. The topological polar surface area (TPSA) is 44.8 Å². The normalized spacial score (nSPS) is 18.8. The summed E-state index contributed by atoms with van der Waals surface area (Å²) in [6.07, 6.45) is 2.23. The Kier molecular flexibility index (Phi) is 6.24. The molecule has 0 saturated carbocycles. The van der Waals surface area contributed by atoms with Gasteiger partial charge in [-0.1, -0.05) is 38.1 Å². The Bertz CT molecular complexity index is 603. The number of carbonyl (C=O) groups is 1.